The van der Waals surface area contributed by atoms with Crippen molar-refractivity contribution in [2.75, 3.05) is 25.5 Å². The van der Waals surface area contributed by atoms with E-state index in [1.165, 1.54) is 0 Å². The minimum absolute atomic E-state index is 0.0625. The molecule has 0 saturated carbocycles. The van der Waals surface area contributed by atoms with Crippen molar-refractivity contribution in [3.63, 3.8) is 0 Å². The lowest BCUT2D eigenvalue weighted by Crippen LogP contribution is -2.37. The van der Waals surface area contributed by atoms with Crippen LogP contribution in [0.2, 0.25) is 10.0 Å². The number of methoxy groups -OCH3 is 1. The van der Waals surface area contributed by atoms with Gasteiger partial charge in [-0.3, -0.25) is 9.69 Å². The van der Waals surface area contributed by atoms with E-state index in [1.54, 1.807) is 49.6 Å². The fourth-order valence-corrected chi connectivity index (χ4v) is 4.67. The number of halogens is 2. The van der Waals surface area contributed by atoms with Gasteiger partial charge in [-0.25, -0.2) is 0 Å². The summed E-state index contributed by atoms with van der Waals surface area (Å²) in [6, 6.07) is 19.7. The molecule has 1 N–H and O–H groups in total. The molecule has 1 amide bonds. The molecule has 0 unspecified atom stereocenters. The molecule has 3 aromatic carbocycles. The third-order valence-corrected chi connectivity index (χ3v) is 6.83. The standard InChI is InChI=1S/C28H26Cl2N4O4/c1-36-22-6-8-23(9-7-22)37-25-10-5-21(30)16-24(25)31-28(35)18-11-13-34(14-12-18)17-26-32-27(33-38-26)19-3-2-4-20(29)15-19/h2-10,15-16,18H,11-14,17H2,1H3,(H,31,35). The monoisotopic (exact) mass is 552 g/mol. The Bertz CT molecular complexity index is 1400. The maximum atomic E-state index is 13.1. The van der Waals surface area contributed by atoms with Gasteiger partial charge in [0.25, 0.3) is 0 Å². The summed E-state index contributed by atoms with van der Waals surface area (Å²) < 4.78 is 16.6. The van der Waals surface area contributed by atoms with Gasteiger partial charge < -0.3 is 19.3 Å². The maximum absolute atomic E-state index is 13.1. The molecule has 1 saturated heterocycles. The number of amides is 1. The van der Waals surface area contributed by atoms with Crippen LogP contribution in [0, 0.1) is 5.92 Å². The predicted molar refractivity (Wildman–Crippen MR) is 146 cm³/mol. The number of hydrogen-bond acceptors (Lipinski definition) is 7. The Kier molecular flexibility index (Phi) is 8.12. The van der Waals surface area contributed by atoms with E-state index < -0.39 is 0 Å². The number of likely N-dealkylation sites (tertiary alicyclic amines) is 1. The predicted octanol–water partition coefficient (Wildman–Crippen LogP) is 6.70. The van der Waals surface area contributed by atoms with Crippen molar-refractivity contribution >= 4 is 34.8 Å². The van der Waals surface area contributed by atoms with Crippen LogP contribution in [0.15, 0.2) is 71.3 Å². The fraction of sp³-hybridized carbons (Fsp3) is 0.250. The molecular weight excluding hydrogens is 527 g/mol. The lowest BCUT2D eigenvalue weighted by atomic mass is 9.96. The first kappa shape index (κ1) is 26.0. The van der Waals surface area contributed by atoms with Gasteiger partial charge in [-0.05, 0) is 80.5 Å². The first-order chi connectivity index (χ1) is 18.5. The normalized spacial score (nSPS) is 14.3. The summed E-state index contributed by atoms with van der Waals surface area (Å²) >= 11 is 12.3. The van der Waals surface area contributed by atoms with E-state index in [0.717, 1.165) is 24.4 Å². The highest BCUT2D eigenvalue weighted by Gasteiger charge is 2.27. The van der Waals surface area contributed by atoms with Gasteiger partial charge in [0.2, 0.25) is 17.6 Å². The highest BCUT2D eigenvalue weighted by molar-refractivity contribution is 6.31. The number of aromatic nitrogens is 2. The smallest absolute Gasteiger partial charge is 0.241 e. The summed E-state index contributed by atoms with van der Waals surface area (Å²) in [5.41, 5.74) is 1.33. The summed E-state index contributed by atoms with van der Waals surface area (Å²) in [5.74, 6) is 2.70. The van der Waals surface area contributed by atoms with Crippen LogP contribution in [-0.2, 0) is 11.3 Å². The van der Waals surface area contributed by atoms with E-state index in [9.17, 15) is 4.79 Å². The molecule has 0 spiro atoms. The summed E-state index contributed by atoms with van der Waals surface area (Å²) in [4.78, 5) is 19.8. The molecule has 5 rings (SSSR count). The largest absolute Gasteiger partial charge is 0.497 e. The molecule has 1 aliphatic rings. The van der Waals surface area contributed by atoms with E-state index in [2.05, 4.69) is 20.4 Å². The van der Waals surface area contributed by atoms with E-state index in [0.29, 0.717) is 58.3 Å². The molecule has 2 heterocycles. The second kappa shape index (κ2) is 11.9. The number of ether oxygens (including phenoxy) is 2. The highest BCUT2D eigenvalue weighted by atomic mass is 35.5. The molecule has 1 fully saturated rings. The zero-order valence-electron chi connectivity index (χ0n) is 20.7. The third-order valence-electron chi connectivity index (χ3n) is 6.35. The quantitative estimate of drug-likeness (QED) is 0.260. The lowest BCUT2D eigenvalue weighted by molar-refractivity contribution is -0.121. The number of carbonyl (C=O) groups excluding carboxylic acids is 1. The summed E-state index contributed by atoms with van der Waals surface area (Å²) in [6.07, 6.45) is 1.41. The molecule has 38 heavy (non-hydrogen) atoms. The number of piperidine rings is 1. The van der Waals surface area contributed by atoms with Crippen molar-refractivity contribution in [1.29, 1.82) is 0 Å². The van der Waals surface area contributed by atoms with E-state index in [4.69, 9.17) is 37.2 Å². The van der Waals surface area contributed by atoms with Crippen LogP contribution in [0.4, 0.5) is 5.69 Å². The molecule has 1 aromatic heterocycles. The number of rotatable bonds is 8. The molecule has 0 aliphatic carbocycles. The number of nitrogens with zero attached hydrogens (tertiary/aromatic N) is 3. The fourth-order valence-electron chi connectivity index (χ4n) is 4.30. The number of benzene rings is 3. The van der Waals surface area contributed by atoms with Crippen LogP contribution < -0.4 is 14.8 Å². The second-order valence-electron chi connectivity index (χ2n) is 8.98. The molecule has 10 heteroatoms. The molecule has 8 nitrogen and oxygen atoms in total. The van der Waals surface area contributed by atoms with Crippen molar-refractivity contribution in [2.45, 2.75) is 19.4 Å². The number of carbonyl (C=O) groups is 1. The second-order valence-corrected chi connectivity index (χ2v) is 9.85. The van der Waals surface area contributed by atoms with Crippen molar-refractivity contribution in [2.24, 2.45) is 5.92 Å². The highest BCUT2D eigenvalue weighted by Crippen LogP contribution is 2.34. The Morgan fingerprint density at radius 3 is 2.50 bits per heavy atom. The van der Waals surface area contributed by atoms with E-state index in [1.807, 2.05) is 24.3 Å². The van der Waals surface area contributed by atoms with Gasteiger partial charge >= 0.3 is 0 Å². The van der Waals surface area contributed by atoms with Crippen LogP contribution >= 0.6 is 23.2 Å². The number of anilines is 1. The van der Waals surface area contributed by atoms with Crippen molar-refractivity contribution in [3.05, 3.63) is 82.7 Å². The van der Waals surface area contributed by atoms with Gasteiger partial charge in [0.1, 0.15) is 11.5 Å². The Hall–Kier alpha value is -3.59. The zero-order chi connectivity index (χ0) is 26.5. The van der Waals surface area contributed by atoms with Gasteiger partial charge in [0.15, 0.2) is 5.75 Å². The van der Waals surface area contributed by atoms with Crippen molar-refractivity contribution in [1.82, 2.24) is 15.0 Å². The number of nitrogens with one attached hydrogen (secondary N) is 1. The van der Waals surface area contributed by atoms with Gasteiger partial charge in [0.05, 0.1) is 19.3 Å². The SMILES string of the molecule is COc1ccc(Oc2ccc(Cl)cc2NC(=O)C2CCN(Cc3nc(-c4cccc(Cl)c4)no3)CC2)cc1. The minimum atomic E-state index is -0.135. The van der Waals surface area contributed by atoms with Crippen molar-refractivity contribution < 1.29 is 18.8 Å². The molecule has 1 aliphatic heterocycles. The topological polar surface area (TPSA) is 89.7 Å². The first-order valence-electron chi connectivity index (χ1n) is 12.2. The van der Waals surface area contributed by atoms with Crippen LogP contribution in [0.5, 0.6) is 17.2 Å². The summed E-state index contributed by atoms with van der Waals surface area (Å²) in [6.45, 7) is 1.99. The van der Waals surface area contributed by atoms with Gasteiger partial charge in [-0.1, -0.05) is 40.5 Å². The Morgan fingerprint density at radius 2 is 1.76 bits per heavy atom. The zero-order valence-corrected chi connectivity index (χ0v) is 22.2. The van der Waals surface area contributed by atoms with Crippen LogP contribution in [0.3, 0.4) is 0 Å². The number of hydrogen-bond donors (Lipinski definition) is 1. The van der Waals surface area contributed by atoms with Gasteiger partial charge in [-0.2, -0.15) is 4.98 Å². The van der Waals surface area contributed by atoms with E-state index in [-0.39, 0.29) is 11.8 Å². The van der Waals surface area contributed by atoms with Crippen molar-refractivity contribution in [3.8, 4) is 28.6 Å². The Morgan fingerprint density at radius 1 is 1.03 bits per heavy atom. The lowest BCUT2D eigenvalue weighted by Gasteiger charge is -2.30. The van der Waals surface area contributed by atoms with Gasteiger partial charge in [-0.15, -0.1) is 0 Å². The molecule has 196 valence electrons. The van der Waals surface area contributed by atoms with E-state index >= 15 is 0 Å². The minimum Gasteiger partial charge on any atom is -0.497 e. The van der Waals surface area contributed by atoms with Crippen LogP contribution in [-0.4, -0.2) is 41.1 Å². The molecule has 4 aromatic rings. The van der Waals surface area contributed by atoms with Gasteiger partial charge in [0, 0.05) is 21.5 Å². The molecule has 0 bridgehead atoms. The van der Waals surface area contributed by atoms with Crippen LogP contribution in [0.25, 0.3) is 11.4 Å². The molecule has 0 radical (unpaired) electrons. The Labute approximate surface area is 230 Å². The average Bonchev–Trinajstić information content (AvgIpc) is 3.39. The van der Waals surface area contributed by atoms with Crippen LogP contribution in [0.1, 0.15) is 18.7 Å². The summed E-state index contributed by atoms with van der Waals surface area (Å²) in [7, 11) is 1.61. The average molecular weight is 553 g/mol. The third kappa shape index (κ3) is 6.45. The maximum Gasteiger partial charge on any atom is 0.241 e. The first-order valence-corrected chi connectivity index (χ1v) is 13.0. The molecular formula is C28H26Cl2N4O4. The Balaban J connectivity index is 1.17. The summed E-state index contributed by atoms with van der Waals surface area (Å²) in [5, 5.41) is 8.21. The molecule has 0 atom stereocenters.